The molecule has 0 spiro atoms. The van der Waals surface area contributed by atoms with Gasteiger partial charge in [0.15, 0.2) is 9.84 Å². The van der Waals surface area contributed by atoms with Crippen molar-refractivity contribution >= 4 is 9.84 Å². The summed E-state index contributed by atoms with van der Waals surface area (Å²) in [4.78, 5) is 0. The van der Waals surface area contributed by atoms with Gasteiger partial charge in [0.1, 0.15) is 0 Å². The van der Waals surface area contributed by atoms with E-state index in [9.17, 15) is 8.42 Å². The Morgan fingerprint density at radius 3 is 2.24 bits per heavy atom. The predicted molar refractivity (Wildman–Crippen MR) is 72.1 cm³/mol. The van der Waals surface area contributed by atoms with E-state index in [2.05, 4.69) is 12.2 Å². The van der Waals surface area contributed by atoms with Crippen molar-refractivity contribution in [3.05, 3.63) is 0 Å². The molecular formula is C12H27NO3S. The zero-order valence-electron chi connectivity index (χ0n) is 11.7. The van der Waals surface area contributed by atoms with Crippen LogP contribution in [-0.4, -0.2) is 45.2 Å². The molecule has 0 aliphatic rings. The van der Waals surface area contributed by atoms with Crippen molar-refractivity contribution in [3.8, 4) is 0 Å². The fourth-order valence-corrected chi connectivity index (χ4v) is 2.10. The van der Waals surface area contributed by atoms with Gasteiger partial charge in [-0.25, -0.2) is 8.42 Å². The lowest BCUT2D eigenvalue weighted by atomic mass is 10.0. The maximum absolute atomic E-state index is 11.8. The van der Waals surface area contributed by atoms with Gasteiger partial charge in [-0.3, -0.25) is 0 Å². The van der Waals surface area contributed by atoms with Gasteiger partial charge < -0.3 is 10.1 Å². The fourth-order valence-electron chi connectivity index (χ4n) is 1.43. The molecule has 1 unspecified atom stereocenters. The first-order chi connectivity index (χ1) is 7.77. The van der Waals surface area contributed by atoms with Crippen molar-refractivity contribution < 1.29 is 13.2 Å². The molecule has 4 nitrogen and oxygen atoms in total. The zero-order valence-corrected chi connectivity index (χ0v) is 12.6. The number of hydrogen-bond donors (Lipinski definition) is 1. The van der Waals surface area contributed by atoms with Crippen LogP contribution in [0.5, 0.6) is 0 Å². The lowest BCUT2D eigenvalue weighted by Gasteiger charge is -2.33. The minimum atomic E-state index is -3.11. The molecule has 0 aromatic carbocycles. The number of rotatable bonds is 9. The number of ether oxygens (including phenoxy) is 1. The van der Waals surface area contributed by atoms with Crippen molar-refractivity contribution in [2.75, 3.05) is 26.0 Å². The third-order valence-corrected chi connectivity index (χ3v) is 5.26. The van der Waals surface area contributed by atoms with Crippen LogP contribution in [0.25, 0.3) is 0 Å². The Morgan fingerprint density at radius 1 is 1.24 bits per heavy atom. The van der Waals surface area contributed by atoms with Gasteiger partial charge in [0.25, 0.3) is 0 Å². The van der Waals surface area contributed by atoms with E-state index in [1.165, 1.54) is 6.26 Å². The van der Waals surface area contributed by atoms with E-state index in [1.807, 2.05) is 6.92 Å². The van der Waals surface area contributed by atoms with Gasteiger partial charge in [-0.2, -0.15) is 0 Å². The highest BCUT2D eigenvalue weighted by Crippen LogP contribution is 2.20. The first kappa shape index (κ1) is 16.9. The first-order valence-electron chi connectivity index (χ1n) is 6.28. The molecule has 17 heavy (non-hydrogen) atoms. The molecule has 0 saturated heterocycles. The van der Waals surface area contributed by atoms with Crippen molar-refractivity contribution in [3.63, 3.8) is 0 Å². The standard InChI is InChI=1S/C12H27NO3S/c1-6-8-13-11(10-16-9-7-2)12(3,4)17(5,14)15/h11,13H,6-10H2,1-5H3. The molecule has 0 aromatic rings. The van der Waals surface area contributed by atoms with Gasteiger partial charge in [-0.1, -0.05) is 13.8 Å². The summed E-state index contributed by atoms with van der Waals surface area (Å²) in [7, 11) is -3.11. The van der Waals surface area contributed by atoms with Crippen molar-refractivity contribution in [1.82, 2.24) is 5.32 Å². The molecule has 1 atom stereocenters. The SMILES string of the molecule is CCCNC(COCCC)C(C)(C)S(C)(=O)=O. The maximum Gasteiger partial charge on any atom is 0.154 e. The molecule has 1 N–H and O–H groups in total. The highest BCUT2D eigenvalue weighted by Gasteiger charge is 2.38. The molecule has 0 heterocycles. The van der Waals surface area contributed by atoms with E-state index in [0.29, 0.717) is 13.2 Å². The van der Waals surface area contributed by atoms with Crippen LogP contribution in [0.4, 0.5) is 0 Å². The molecule has 104 valence electrons. The van der Waals surface area contributed by atoms with Gasteiger partial charge in [0.05, 0.1) is 11.4 Å². The fraction of sp³-hybridized carbons (Fsp3) is 1.00. The summed E-state index contributed by atoms with van der Waals surface area (Å²) >= 11 is 0. The molecule has 0 aliphatic heterocycles. The zero-order chi connectivity index (χ0) is 13.5. The minimum absolute atomic E-state index is 0.163. The summed E-state index contributed by atoms with van der Waals surface area (Å²) in [5, 5.41) is 3.27. The number of nitrogens with one attached hydrogen (secondary N) is 1. The minimum Gasteiger partial charge on any atom is -0.380 e. The summed E-state index contributed by atoms with van der Waals surface area (Å²) in [6.45, 7) is 9.52. The topological polar surface area (TPSA) is 55.4 Å². The molecule has 0 aromatic heterocycles. The van der Waals surface area contributed by atoms with Crippen LogP contribution < -0.4 is 5.32 Å². The molecule has 0 rings (SSSR count). The van der Waals surface area contributed by atoms with Crippen LogP contribution in [0.2, 0.25) is 0 Å². The van der Waals surface area contributed by atoms with E-state index in [0.717, 1.165) is 19.4 Å². The second kappa shape index (κ2) is 7.34. The lowest BCUT2D eigenvalue weighted by Crippen LogP contribution is -2.54. The molecular weight excluding hydrogens is 238 g/mol. The molecule has 0 amide bonds. The Morgan fingerprint density at radius 2 is 1.82 bits per heavy atom. The Labute approximate surface area is 106 Å². The average Bonchev–Trinajstić information content (AvgIpc) is 2.21. The molecule has 0 saturated carbocycles. The normalized spacial score (nSPS) is 14.9. The lowest BCUT2D eigenvalue weighted by molar-refractivity contribution is 0.102. The van der Waals surface area contributed by atoms with Gasteiger partial charge in [0, 0.05) is 18.9 Å². The third-order valence-electron chi connectivity index (χ3n) is 3.07. The maximum atomic E-state index is 11.8. The quantitative estimate of drug-likeness (QED) is 0.643. The Balaban J connectivity index is 4.65. The van der Waals surface area contributed by atoms with Gasteiger partial charge in [-0.15, -0.1) is 0 Å². The molecule has 0 radical (unpaired) electrons. The van der Waals surface area contributed by atoms with Crippen LogP contribution in [0.15, 0.2) is 0 Å². The highest BCUT2D eigenvalue weighted by atomic mass is 32.2. The van der Waals surface area contributed by atoms with Gasteiger partial charge in [0.2, 0.25) is 0 Å². The van der Waals surface area contributed by atoms with Crippen LogP contribution >= 0.6 is 0 Å². The van der Waals surface area contributed by atoms with E-state index < -0.39 is 14.6 Å². The van der Waals surface area contributed by atoms with Gasteiger partial charge >= 0.3 is 0 Å². The summed E-state index contributed by atoms with van der Waals surface area (Å²) in [6, 6.07) is -0.163. The Kier molecular flexibility index (Phi) is 7.28. The Hall–Kier alpha value is -0.130. The van der Waals surface area contributed by atoms with Crippen LogP contribution in [0.1, 0.15) is 40.5 Å². The molecule has 5 heteroatoms. The van der Waals surface area contributed by atoms with E-state index in [4.69, 9.17) is 4.74 Å². The number of sulfone groups is 1. The summed E-state index contributed by atoms with van der Waals surface area (Å²) in [5.74, 6) is 0. The van der Waals surface area contributed by atoms with Crippen LogP contribution in [-0.2, 0) is 14.6 Å². The van der Waals surface area contributed by atoms with Gasteiger partial charge in [-0.05, 0) is 33.2 Å². The molecule has 0 aliphatic carbocycles. The van der Waals surface area contributed by atoms with Crippen molar-refractivity contribution in [2.24, 2.45) is 0 Å². The molecule has 0 fully saturated rings. The third kappa shape index (κ3) is 5.36. The summed E-state index contributed by atoms with van der Waals surface area (Å²) < 4.78 is 28.3. The number of hydrogen-bond acceptors (Lipinski definition) is 4. The second-order valence-corrected chi connectivity index (χ2v) is 7.55. The second-order valence-electron chi connectivity index (χ2n) is 4.96. The predicted octanol–water partition coefficient (Wildman–Crippen LogP) is 1.60. The average molecular weight is 265 g/mol. The van der Waals surface area contributed by atoms with Crippen LogP contribution in [0, 0.1) is 0 Å². The van der Waals surface area contributed by atoms with Crippen molar-refractivity contribution in [2.45, 2.75) is 51.3 Å². The summed E-state index contributed by atoms with van der Waals surface area (Å²) in [5.41, 5.74) is 0. The van der Waals surface area contributed by atoms with E-state index >= 15 is 0 Å². The van der Waals surface area contributed by atoms with Crippen LogP contribution in [0.3, 0.4) is 0 Å². The largest absolute Gasteiger partial charge is 0.380 e. The first-order valence-corrected chi connectivity index (χ1v) is 8.17. The van der Waals surface area contributed by atoms with E-state index in [-0.39, 0.29) is 6.04 Å². The van der Waals surface area contributed by atoms with Crippen molar-refractivity contribution in [1.29, 1.82) is 0 Å². The molecule has 0 bridgehead atoms. The monoisotopic (exact) mass is 265 g/mol. The Bertz CT molecular complexity index is 299. The van der Waals surface area contributed by atoms with E-state index in [1.54, 1.807) is 13.8 Å². The highest BCUT2D eigenvalue weighted by molar-refractivity contribution is 7.92. The summed E-state index contributed by atoms with van der Waals surface area (Å²) in [6.07, 6.45) is 3.21. The smallest absolute Gasteiger partial charge is 0.154 e.